The summed E-state index contributed by atoms with van der Waals surface area (Å²) in [5.41, 5.74) is 2.34. The molecule has 0 aliphatic rings. The van der Waals surface area contributed by atoms with Gasteiger partial charge in [-0.05, 0) is 61.1 Å². The van der Waals surface area contributed by atoms with Crippen LogP contribution in [0.25, 0.3) is 0 Å². The number of benzene rings is 2. The highest BCUT2D eigenvalue weighted by Crippen LogP contribution is 2.16. The molecule has 0 amide bonds. The monoisotopic (exact) mass is 242 g/mol. The molecule has 0 spiro atoms. The molecule has 0 aliphatic carbocycles. The lowest BCUT2D eigenvalue weighted by atomic mass is 10.0. The Morgan fingerprint density at radius 1 is 0.667 bits per heavy atom. The molecule has 0 saturated carbocycles. The molecular weight excluding hydrogens is 224 g/mol. The summed E-state index contributed by atoms with van der Waals surface area (Å²) in [6.07, 6.45) is 4.12. The quantitative estimate of drug-likeness (QED) is 0.785. The first-order valence-electron chi connectivity index (χ1n) is 6.30. The van der Waals surface area contributed by atoms with Gasteiger partial charge in [-0.3, -0.25) is 0 Å². The Hall–Kier alpha value is -1.96. The number of aromatic hydroxyl groups is 2. The van der Waals surface area contributed by atoms with Crippen molar-refractivity contribution in [1.82, 2.24) is 0 Å². The molecule has 94 valence electrons. The van der Waals surface area contributed by atoms with Gasteiger partial charge in [-0.1, -0.05) is 24.3 Å². The van der Waals surface area contributed by atoms with E-state index in [9.17, 15) is 10.2 Å². The van der Waals surface area contributed by atoms with Crippen LogP contribution in [0.1, 0.15) is 24.0 Å². The summed E-state index contributed by atoms with van der Waals surface area (Å²) in [5, 5.41) is 18.7. The minimum absolute atomic E-state index is 0.334. The lowest BCUT2D eigenvalue weighted by Crippen LogP contribution is -1.89. The first-order valence-corrected chi connectivity index (χ1v) is 6.30. The predicted octanol–water partition coefficient (Wildman–Crippen LogP) is 3.66. The van der Waals surface area contributed by atoms with Crippen molar-refractivity contribution in [3.8, 4) is 11.5 Å². The van der Waals surface area contributed by atoms with Gasteiger partial charge < -0.3 is 10.2 Å². The second-order valence-corrected chi connectivity index (χ2v) is 4.55. The summed E-state index contributed by atoms with van der Waals surface area (Å²) in [5.74, 6) is 0.668. The molecule has 2 nitrogen and oxygen atoms in total. The fourth-order valence-corrected chi connectivity index (χ4v) is 2.08. The SMILES string of the molecule is Oc1cccc(CCCCc2cccc(O)c2)c1. The molecule has 2 aromatic rings. The number of aryl methyl sites for hydroxylation is 2. The maximum Gasteiger partial charge on any atom is 0.115 e. The third-order valence-corrected chi connectivity index (χ3v) is 3.00. The maximum atomic E-state index is 9.35. The first kappa shape index (κ1) is 12.5. The third-order valence-electron chi connectivity index (χ3n) is 3.00. The highest BCUT2D eigenvalue weighted by atomic mass is 16.3. The Kier molecular flexibility index (Phi) is 4.24. The number of phenols is 2. The van der Waals surface area contributed by atoms with Crippen LogP contribution in [-0.2, 0) is 12.8 Å². The molecule has 18 heavy (non-hydrogen) atoms. The van der Waals surface area contributed by atoms with Crippen molar-refractivity contribution in [3.05, 3.63) is 59.7 Å². The van der Waals surface area contributed by atoms with E-state index in [0.29, 0.717) is 11.5 Å². The fraction of sp³-hybridized carbons (Fsp3) is 0.250. The lowest BCUT2D eigenvalue weighted by Gasteiger charge is -2.03. The van der Waals surface area contributed by atoms with Crippen molar-refractivity contribution in [2.24, 2.45) is 0 Å². The van der Waals surface area contributed by atoms with E-state index in [1.54, 1.807) is 12.1 Å². The minimum atomic E-state index is 0.334. The van der Waals surface area contributed by atoms with E-state index in [1.807, 2.05) is 36.4 Å². The third kappa shape index (κ3) is 3.81. The average Bonchev–Trinajstić information content (AvgIpc) is 2.35. The van der Waals surface area contributed by atoms with E-state index in [2.05, 4.69) is 0 Å². The molecule has 2 aromatic carbocycles. The summed E-state index contributed by atoms with van der Waals surface area (Å²) in [4.78, 5) is 0. The van der Waals surface area contributed by atoms with Gasteiger partial charge in [0.15, 0.2) is 0 Å². The molecule has 2 rings (SSSR count). The van der Waals surface area contributed by atoms with Crippen molar-refractivity contribution in [3.63, 3.8) is 0 Å². The molecule has 0 bridgehead atoms. The van der Waals surface area contributed by atoms with E-state index in [0.717, 1.165) is 25.7 Å². The van der Waals surface area contributed by atoms with Crippen molar-refractivity contribution in [1.29, 1.82) is 0 Å². The van der Waals surface area contributed by atoms with Gasteiger partial charge in [-0.2, -0.15) is 0 Å². The second kappa shape index (κ2) is 6.10. The molecule has 2 heteroatoms. The zero-order valence-corrected chi connectivity index (χ0v) is 10.3. The van der Waals surface area contributed by atoms with Crippen LogP contribution in [0, 0.1) is 0 Å². The van der Waals surface area contributed by atoms with E-state index >= 15 is 0 Å². The number of phenolic OH excluding ortho intramolecular Hbond substituents is 2. The minimum Gasteiger partial charge on any atom is -0.508 e. The van der Waals surface area contributed by atoms with E-state index in [-0.39, 0.29) is 0 Å². The Labute approximate surface area is 108 Å². The van der Waals surface area contributed by atoms with E-state index < -0.39 is 0 Å². The highest BCUT2D eigenvalue weighted by molar-refractivity contribution is 5.28. The van der Waals surface area contributed by atoms with Crippen molar-refractivity contribution in [2.45, 2.75) is 25.7 Å². The number of unbranched alkanes of at least 4 members (excludes halogenated alkanes) is 1. The molecule has 0 aliphatic heterocycles. The molecule has 0 aromatic heterocycles. The molecule has 0 fully saturated rings. The molecule has 2 N–H and O–H groups in total. The van der Waals surface area contributed by atoms with E-state index in [1.165, 1.54) is 11.1 Å². The van der Waals surface area contributed by atoms with Crippen LogP contribution in [0.2, 0.25) is 0 Å². The molecule has 0 heterocycles. The topological polar surface area (TPSA) is 40.5 Å². The number of hydrogen-bond donors (Lipinski definition) is 2. The largest absolute Gasteiger partial charge is 0.508 e. The Morgan fingerprint density at radius 2 is 1.11 bits per heavy atom. The molecular formula is C16H18O2. The normalized spacial score (nSPS) is 10.4. The van der Waals surface area contributed by atoms with Gasteiger partial charge in [-0.25, -0.2) is 0 Å². The van der Waals surface area contributed by atoms with Gasteiger partial charge in [0.1, 0.15) is 11.5 Å². The van der Waals surface area contributed by atoms with Crippen LogP contribution in [0.15, 0.2) is 48.5 Å². The van der Waals surface area contributed by atoms with Gasteiger partial charge in [0.25, 0.3) is 0 Å². The molecule has 0 radical (unpaired) electrons. The standard InChI is InChI=1S/C16H18O2/c17-15-9-3-7-13(11-15)5-1-2-6-14-8-4-10-16(18)12-14/h3-4,7-12,17-18H,1-2,5-6H2. The molecule has 0 atom stereocenters. The summed E-state index contributed by atoms with van der Waals surface area (Å²) in [7, 11) is 0. The number of rotatable bonds is 5. The number of hydrogen-bond acceptors (Lipinski definition) is 2. The van der Waals surface area contributed by atoms with Crippen LogP contribution >= 0.6 is 0 Å². The summed E-state index contributed by atoms with van der Waals surface area (Å²) in [6, 6.07) is 14.8. The lowest BCUT2D eigenvalue weighted by molar-refractivity contribution is 0.473. The van der Waals surface area contributed by atoms with Gasteiger partial charge in [0, 0.05) is 0 Å². The van der Waals surface area contributed by atoms with Crippen molar-refractivity contribution < 1.29 is 10.2 Å². The van der Waals surface area contributed by atoms with Gasteiger partial charge in [0.05, 0.1) is 0 Å². The summed E-state index contributed by atoms with van der Waals surface area (Å²) >= 11 is 0. The van der Waals surface area contributed by atoms with Crippen LogP contribution in [0.3, 0.4) is 0 Å². The van der Waals surface area contributed by atoms with Gasteiger partial charge in [-0.15, -0.1) is 0 Å². The summed E-state index contributed by atoms with van der Waals surface area (Å²) < 4.78 is 0. The zero-order chi connectivity index (χ0) is 12.8. The Morgan fingerprint density at radius 3 is 1.50 bits per heavy atom. The van der Waals surface area contributed by atoms with Crippen LogP contribution in [0.5, 0.6) is 11.5 Å². The highest BCUT2D eigenvalue weighted by Gasteiger charge is 1.97. The fourth-order valence-electron chi connectivity index (χ4n) is 2.08. The Balaban J connectivity index is 1.76. The van der Waals surface area contributed by atoms with E-state index in [4.69, 9.17) is 0 Å². The molecule has 0 unspecified atom stereocenters. The van der Waals surface area contributed by atoms with Crippen LogP contribution < -0.4 is 0 Å². The van der Waals surface area contributed by atoms with Crippen LogP contribution in [0.4, 0.5) is 0 Å². The average molecular weight is 242 g/mol. The van der Waals surface area contributed by atoms with Gasteiger partial charge in [0.2, 0.25) is 0 Å². The second-order valence-electron chi connectivity index (χ2n) is 4.55. The van der Waals surface area contributed by atoms with Gasteiger partial charge >= 0.3 is 0 Å². The smallest absolute Gasteiger partial charge is 0.115 e. The van der Waals surface area contributed by atoms with Crippen molar-refractivity contribution >= 4 is 0 Å². The predicted molar refractivity (Wildman–Crippen MR) is 72.9 cm³/mol. The van der Waals surface area contributed by atoms with Crippen molar-refractivity contribution in [2.75, 3.05) is 0 Å². The maximum absolute atomic E-state index is 9.35. The van der Waals surface area contributed by atoms with Crippen LogP contribution in [-0.4, -0.2) is 10.2 Å². The summed E-state index contributed by atoms with van der Waals surface area (Å²) in [6.45, 7) is 0. The zero-order valence-electron chi connectivity index (χ0n) is 10.3. The first-order chi connectivity index (χ1) is 8.74. The molecule has 0 saturated heterocycles. The Bertz CT molecular complexity index is 458.